The Bertz CT molecular complexity index is 465. The summed E-state index contributed by atoms with van der Waals surface area (Å²) in [6, 6.07) is 6.76. The van der Waals surface area contributed by atoms with E-state index in [0.717, 1.165) is 37.9 Å². The van der Waals surface area contributed by atoms with Crippen molar-refractivity contribution in [3.8, 4) is 0 Å². The normalized spacial score (nSPS) is 15.8. The SMILES string of the molecule is O=C(O)c1ccc(CCNC(=O)C2CCNCC2)cc1. The van der Waals surface area contributed by atoms with Crippen LogP contribution in [0.3, 0.4) is 0 Å². The fourth-order valence-electron chi connectivity index (χ4n) is 2.37. The van der Waals surface area contributed by atoms with E-state index in [1.807, 2.05) is 0 Å². The number of rotatable bonds is 5. The van der Waals surface area contributed by atoms with Gasteiger partial charge in [0.2, 0.25) is 5.91 Å². The van der Waals surface area contributed by atoms with Crippen LogP contribution in [0.4, 0.5) is 0 Å². The van der Waals surface area contributed by atoms with Gasteiger partial charge in [0.05, 0.1) is 5.56 Å². The average Bonchev–Trinajstić information content (AvgIpc) is 2.48. The number of aromatic carboxylic acids is 1. The van der Waals surface area contributed by atoms with Crippen molar-refractivity contribution < 1.29 is 14.7 Å². The Balaban J connectivity index is 1.74. The second kappa shape index (κ2) is 7.05. The quantitative estimate of drug-likeness (QED) is 0.751. The maximum absolute atomic E-state index is 11.9. The number of hydrogen-bond donors (Lipinski definition) is 3. The molecule has 0 aromatic heterocycles. The third-order valence-electron chi connectivity index (χ3n) is 3.62. The smallest absolute Gasteiger partial charge is 0.335 e. The number of piperidine rings is 1. The summed E-state index contributed by atoms with van der Waals surface area (Å²) in [6.07, 6.45) is 2.52. The zero-order chi connectivity index (χ0) is 14.4. The highest BCUT2D eigenvalue weighted by Crippen LogP contribution is 2.11. The number of amides is 1. The van der Waals surface area contributed by atoms with Gasteiger partial charge in [0, 0.05) is 12.5 Å². The molecular formula is C15H20N2O3. The molecule has 0 spiro atoms. The molecule has 0 aliphatic carbocycles. The predicted molar refractivity (Wildman–Crippen MR) is 75.7 cm³/mol. The van der Waals surface area contributed by atoms with Gasteiger partial charge in [-0.05, 0) is 50.0 Å². The summed E-state index contributed by atoms with van der Waals surface area (Å²) in [5.74, 6) is -0.657. The number of hydrogen-bond acceptors (Lipinski definition) is 3. The predicted octanol–water partition coefficient (Wildman–Crippen LogP) is 1.04. The van der Waals surface area contributed by atoms with Crippen LogP contribution in [0.25, 0.3) is 0 Å². The number of benzene rings is 1. The van der Waals surface area contributed by atoms with Crippen molar-refractivity contribution in [2.45, 2.75) is 19.3 Å². The van der Waals surface area contributed by atoms with Crippen LogP contribution in [0.15, 0.2) is 24.3 Å². The third-order valence-corrected chi connectivity index (χ3v) is 3.62. The van der Waals surface area contributed by atoms with Crippen molar-refractivity contribution in [1.82, 2.24) is 10.6 Å². The van der Waals surface area contributed by atoms with Crippen molar-refractivity contribution in [1.29, 1.82) is 0 Å². The van der Waals surface area contributed by atoms with E-state index in [4.69, 9.17) is 5.11 Å². The largest absolute Gasteiger partial charge is 0.478 e. The molecule has 0 saturated carbocycles. The zero-order valence-electron chi connectivity index (χ0n) is 11.4. The fourth-order valence-corrected chi connectivity index (χ4v) is 2.37. The van der Waals surface area contributed by atoms with E-state index >= 15 is 0 Å². The van der Waals surface area contributed by atoms with Crippen LogP contribution in [0.5, 0.6) is 0 Å². The number of carbonyl (C=O) groups is 2. The minimum absolute atomic E-state index is 0.130. The molecule has 2 rings (SSSR count). The first-order valence-electron chi connectivity index (χ1n) is 6.97. The second-order valence-corrected chi connectivity index (χ2v) is 5.07. The lowest BCUT2D eigenvalue weighted by molar-refractivity contribution is -0.125. The molecule has 0 radical (unpaired) electrons. The molecule has 5 nitrogen and oxygen atoms in total. The standard InChI is InChI=1S/C15H20N2O3/c18-14(12-6-8-16-9-7-12)17-10-5-11-1-3-13(4-2-11)15(19)20/h1-4,12,16H,5-10H2,(H,17,18)(H,19,20). The van der Waals surface area contributed by atoms with E-state index in [0.29, 0.717) is 6.54 Å². The van der Waals surface area contributed by atoms with E-state index in [-0.39, 0.29) is 17.4 Å². The Morgan fingerprint density at radius 2 is 1.85 bits per heavy atom. The monoisotopic (exact) mass is 276 g/mol. The topological polar surface area (TPSA) is 78.4 Å². The third kappa shape index (κ3) is 4.06. The fraction of sp³-hybridized carbons (Fsp3) is 0.467. The molecule has 1 aliphatic heterocycles. The first-order chi connectivity index (χ1) is 9.66. The summed E-state index contributed by atoms with van der Waals surface area (Å²) in [5.41, 5.74) is 1.31. The summed E-state index contributed by atoms with van der Waals surface area (Å²) in [7, 11) is 0. The van der Waals surface area contributed by atoms with Crippen LogP contribution in [-0.4, -0.2) is 36.6 Å². The molecule has 0 atom stereocenters. The molecule has 108 valence electrons. The molecule has 1 aromatic carbocycles. The molecule has 3 N–H and O–H groups in total. The van der Waals surface area contributed by atoms with Gasteiger partial charge in [0.1, 0.15) is 0 Å². The van der Waals surface area contributed by atoms with Crippen LogP contribution in [-0.2, 0) is 11.2 Å². The van der Waals surface area contributed by atoms with Crippen LogP contribution in [0.2, 0.25) is 0 Å². The maximum Gasteiger partial charge on any atom is 0.335 e. The van der Waals surface area contributed by atoms with E-state index < -0.39 is 5.97 Å². The van der Waals surface area contributed by atoms with Crippen LogP contribution in [0.1, 0.15) is 28.8 Å². The van der Waals surface area contributed by atoms with E-state index in [1.165, 1.54) is 0 Å². The summed E-state index contributed by atoms with van der Waals surface area (Å²) < 4.78 is 0. The summed E-state index contributed by atoms with van der Waals surface area (Å²) in [4.78, 5) is 22.6. The molecule has 1 amide bonds. The highest BCUT2D eigenvalue weighted by molar-refractivity contribution is 5.87. The molecule has 1 saturated heterocycles. The van der Waals surface area contributed by atoms with Crippen LogP contribution in [0, 0.1) is 5.92 Å². The Morgan fingerprint density at radius 1 is 1.20 bits per heavy atom. The number of carbonyl (C=O) groups excluding carboxylic acids is 1. The molecule has 1 fully saturated rings. The van der Waals surface area contributed by atoms with Gasteiger partial charge in [-0.1, -0.05) is 12.1 Å². The van der Waals surface area contributed by atoms with E-state index in [2.05, 4.69) is 10.6 Å². The Hall–Kier alpha value is -1.88. The average molecular weight is 276 g/mol. The minimum atomic E-state index is -0.921. The van der Waals surface area contributed by atoms with Gasteiger partial charge in [-0.3, -0.25) is 4.79 Å². The van der Waals surface area contributed by atoms with Crippen LogP contribution < -0.4 is 10.6 Å². The molecule has 0 bridgehead atoms. The van der Waals surface area contributed by atoms with Crippen molar-refractivity contribution >= 4 is 11.9 Å². The zero-order valence-corrected chi connectivity index (χ0v) is 11.4. The number of nitrogens with one attached hydrogen (secondary N) is 2. The van der Waals surface area contributed by atoms with Gasteiger partial charge >= 0.3 is 5.97 Å². The number of carboxylic acid groups (broad SMARTS) is 1. The molecule has 0 unspecified atom stereocenters. The second-order valence-electron chi connectivity index (χ2n) is 5.07. The molecule has 1 heterocycles. The summed E-state index contributed by atoms with van der Waals surface area (Å²) in [6.45, 7) is 2.42. The van der Waals surface area contributed by atoms with Crippen molar-refractivity contribution in [2.75, 3.05) is 19.6 Å². The maximum atomic E-state index is 11.9. The minimum Gasteiger partial charge on any atom is -0.478 e. The van der Waals surface area contributed by atoms with Gasteiger partial charge in [-0.25, -0.2) is 4.79 Å². The highest BCUT2D eigenvalue weighted by Gasteiger charge is 2.20. The number of carboxylic acids is 1. The molecule has 1 aliphatic rings. The summed E-state index contributed by atoms with van der Waals surface area (Å²) in [5, 5.41) is 15.0. The van der Waals surface area contributed by atoms with Crippen molar-refractivity contribution in [2.24, 2.45) is 5.92 Å². The first-order valence-corrected chi connectivity index (χ1v) is 6.97. The Kier molecular flexibility index (Phi) is 5.12. The molecular weight excluding hydrogens is 256 g/mol. The van der Waals surface area contributed by atoms with Gasteiger partial charge in [0.15, 0.2) is 0 Å². The van der Waals surface area contributed by atoms with E-state index in [9.17, 15) is 9.59 Å². The van der Waals surface area contributed by atoms with Gasteiger partial charge in [0.25, 0.3) is 0 Å². The highest BCUT2D eigenvalue weighted by atomic mass is 16.4. The molecule has 1 aromatic rings. The van der Waals surface area contributed by atoms with Gasteiger partial charge in [-0.2, -0.15) is 0 Å². The van der Waals surface area contributed by atoms with Crippen LogP contribution >= 0.6 is 0 Å². The van der Waals surface area contributed by atoms with E-state index in [1.54, 1.807) is 24.3 Å². The van der Waals surface area contributed by atoms with Gasteiger partial charge in [-0.15, -0.1) is 0 Å². The first kappa shape index (κ1) is 14.5. The lowest BCUT2D eigenvalue weighted by atomic mass is 9.97. The lowest BCUT2D eigenvalue weighted by Gasteiger charge is -2.21. The van der Waals surface area contributed by atoms with Crippen molar-refractivity contribution in [3.63, 3.8) is 0 Å². The Morgan fingerprint density at radius 3 is 2.45 bits per heavy atom. The van der Waals surface area contributed by atoms with Gasteiger partial charge < -0.3 is 15.7 Å². The molecule has 20 heavy (non-hydrogen) atoms. The lowest BCUT2D eigenvalue weighted by Crippen LogP contribution is -2.38. The summed E-state index contributed by atoms with van der Waals surface area (Å²) >= 11 is 0. The van der Waals surface area contributed by atoms with Crippen molar-refractivity contribution in [3.05, 3.63) is 35.4 Å². The molecule has 5 heteroatoms. The Labute approximate surface area is 118 Å².